The molecule has 0 fully saturated rings. The van der Waals surface area contributed by atoms with Gasteiger partial charge in [-0.05, 0) is 134 Å². The maximum atomic E-state index is 2.41. The number of fused-ring (bicyclic) bond motifs is 5. The zero-order valence-corrected chi connectivity index (χ0v) is 30.2. The minimum absolute atomic E-state index is 1.16. The third-order valence-corrected chi connectivity index (χ3v) is 12.1. The summed E-state index contributed by atoms with van der Waals surface area (Å²) in [5, 5.41) is 5.14. The Hall–Kier alpha value is -6.61. The van der Waals surface area contributed by atoms with Gasteiger partial charge in [0, 0.05) is 31.6 Å². The summed E-state index contributed by atoms with van der Waals surface area (Å²) in [6.07, 6.45) is 0. The van der Waals surface area contributed by atoms with E-state index in [2.05, 4.69) is 205 Å². The number of benzene rings is 9. The molecule has 0 radical (unpaired) electrons. The molecule has 1 nitrogen and oxygen atoms in total. The molecule has 9 aromatic carbocycles. The van der Waals surface area contributed by atoms with Crippen molar-refractivity contribution < 1.29 is 0 Å². The average Bonchev–Trinajstić information content (AvgIpc) is 3.57. The average molecular weight is 704 g/mol. The van der Waals surface area contributed by atoms with E-state index in [0.717, 1.165) is 5.69 Å². The van der Waals surface area contributed by atoms with Gasteiger partial charge in [-0.3, -0.25) is 0 Å². The fourth-order valence-electron chi connectivity index (χ4n) is 8.37. The number of hydrogen-bond acceptors (Lipinski definition) is 1. The molecule has 0 unspecified atom stereocenters. The maximum Gasteiger partial charge on any atom is 0.0541 e. The first-order chi connectivity index (χ1) is 26.7. The molecule has 0 aliphatic carbocycles. The Balaban J connectivity index is 1.11. The third-order valence-electron chi connectivity index (χ3n) is 10.9. The van der Waals surface area contributed by atoms with Crippen molar-refractivity contribution in [3.05, 3.63) is 200 Å². The van der Waals surface area contributed by atoms with E-state index in [4.69, 9.17) is 0 Å². The minimum Gasteiger partial charge on any atom is -0.309 e. The van der Waals surface area contributed by atoms with Crippen molar-refractivity contribution in [3.63, 3.8) is 0 Å². The van der Waals surface area contributed by atoms with Crippen molar-refractivity contribution in [1.29, 1.82) is 0 Å². The highest BCUT2D eigenvalue weighted by molar-refractivity contribution is 7.99. The van der Waals surface area contributed by atoms with Gasteiger partial charge in [-0.15, -0.1) is 0 Å². The first kappa shape index (κ1) is 31.0. The van der Waals surface area contributed by atoms with Crippen molar-refractivity contribution in [2.24, 2.45) is 0 Å². The van der Waals surface area contributed by atoms with Gasteiger partial charge in [0.1, 0.15) is 0 Å². The summed E-state index contributed by atoms with van der Waals surface area (Å²) in [5.41, 5.74) is 15.9. The Kier molecular flexibility index (Phi) is 7.18. The van der Waals surface area contributed by atoms with Crippen LogP contribution in [0.15, 0.2) is 210 Å². The van der Waals surface area contributed by atoms with Crippen LogP contribution >= 0.6 is 11.8 Å². The summed E-state index contributed by atoms with van der Waals surface area (Å²) >= 11 is 1.88. The molecule has 0 amide bonds. The lowest BCUT2D eigenvalue weighted by Gasteiger charge is -2.21. The Morgan fingerprint density at radius 2 is 0.833 bits per heavy atom. The molecule has 0 atom stereocenters. The molecule has 54 heavy (non-hydrogen) atoms. The second kappa shape index (κ2) is 12.5. The van der Waals surface area contributed by atoms with Gasteiger partial charge >= 0.3 is 0 Å². The van der Waals surface area contributed by atoms with Crippen LogP contribution in [0.4, 0.5) is 0 Å². The third kappa shape index (κ3) is 5.10. The topological polar surface area (TPSA) is 4.93 Å². The van der Waals surface area contributed by atoms with Crippen LogP contribution in [0.1, 0.15) is 0 Å². The summed E-state index contributed by atoms with van der Waals surface area (Å²) in [4.78, 5) is 2.64. The minimum atomic E-state index is 1.16. The number of para-hydroxylation sites is 1. The summed E-state index contributed by atoms with van der Waals surface area (Å²) in [5.74, 6) is 0. The Labute approximate surface area is 318 Å². The first-order valence-corrected chi connectivity index (χ1v) is 19.3. The number of rotatable bonds is 5. The number of aromatic nitrogens is 1. The predicted octanol–water partition coefficient (Wildman–Crippen LogP) is 14.7. The lowest BCUT2D eigenvalue weighted by atomic mass is 9.92. The van der Waals surface area contributed by atoms with E-state index in [1.165, 1.54) is 98.0 Å². The van der Waals surface area contributed by atoms with E-state index < -0.39 is 0 Å². The van der Waals surface area contributed by atoms with Gasteiger partial charge in [0.15, 0.2) is 0 Å². The SMILES string of the molecule is c1ccc(-c2cc(-c3ccccc3)cc(-c3ccc4c(c3)c3cc(-c5ccc6c(c5)-c5cccc7cccc(c57)S6)ccc3n4-c3ccccc3)c2)cc1. The van der Waals surface area contributed by atoms with Crippen molar-refractivity contribution in [1.82, 2.24) is 4.57 Å². The van der Waals surface area contributed by atoms with E-state index in [1.54, 1.807) is 0 Å². The van der Waals surface area contributed by atoms with Gasteiger partial charge in [0.25, 0.3) is 0 Å². The van der Waals surface area contributed by atoms with Crippen molar-refractivity contribution in [2.45, 2.75) is 9.79 Å². The summed E-state index contributed by atoms with van der Waals surface area (Å²) < 4.78 is 2.41. The molecule has 2 heterocycles. The fourth-order valence-corrected chi connectivity index (χ4v) is 9.50. The Morgan fingerprint density at radius 3 is 1.46 bits per heavy atom. The second-order valence-corrected chi connectivity index (χ2v) is 15.2. The number of hydrogen-bond donors (Lipinski definition) is 0. The van der Waals surface area contributed by atoms with Crippen LogP contribution < -0.4 is 0 Å². The van der Waals surface area contributed by atoms with Crippen LogP contribution in [-0.2, 0) is 0 Å². The van der Waals surface area contributed by atoms with Crippen LogP contribution in [0.2, 0.25) is 0 Å². The van der Waals surface area contributed by atoms with E-state index >= 15 is 0 Å². The van der Waals surface area contributed by atoms with Gasteiger partial charge in [-0.25, -0.2) is 0 Å². The van der Waals surface area contributed by atoms with Crippen molar-refractivity contribution in [3.8, 4) is 61.3 Å². The molecule has 0 N–H and O–H groups in total. The molecule has 0 spiro atoms. The van der Waals surface area contributed by atoms with Crippen LogP contribution in [0.5, 0.6) is 0 Å². The van der Waals surface area contributed by atoms with Crippen molar-refractivity contribution in [2.75, 3.05) is 0 Å². The zero-order valence-electron chi connectivity index (χ0n) is 29.4. The van der Waals surface area contributed by atoms with E-state index in [-0.39, 0.29) is 0 Å². The molecule has 0 bridgehead atoms. The predicted molar refractivity (Wildman–Crippen MR) is 230 cm³/mol. The van der Waals surface area contributed by atoms with Gasteiger partial charge in [-0.1, -0.05) is 139 Å². The van der Waals surface area contributed by atoms with Crippen molar-refractivity contribution >= 4 is 44.3 Å². The first-order valence-electron chi connectivity index (χ1n) is 18.5. The summed E-state index contributed by atoms with van der Waals surface area (Å²) in [7, 11) is 0. The second-order valence-electron chi connectivity index (χ2n) is 14.1. The smallest absolute Gasteiger partial charge is 0.0541 e. The molecular formula is C52H33NS. The lowest BCUT2D eigenvalue weighted by Crippen LogP contribution is -1.94. The quantitative estimate of drug-likeness (QED) is 0.173. The fraction of sp³-hybridized carbons (Fsp3) is 0. The molecule has 1 aromatic heterocycles. The van der Waals surface area contributed by atoms with Gasteiger partial charge in [0.2, 0.25) is 0 Å². The van der Waals surface area contributed by atoms with E-state index in [9.17, 15) is 0 Å². The normalized spacial score (nSPS) is 12.0. The maximum absolute atomic E-state index is 2.41. The van der Waals surface area contributed by atoms with E-state index in [0.29, 0.717) is 0 Å². The van der Waals surface area contributed by atoms with Crippen LogP contribution in [0.3, 0.4) is 0 Å². The molecule has 11 rings (SSSR count). The van der Waals surface area contributed by atoms with Gasteiger partial charge < -0.3 is 4.57 Å². The highest BCUT2D eigenvalue weighted by Gasteiger charge is 2.20. The van der Waals surface area contributed by atoms with Gasteiger partial charge in [-0.2, -0.15) is 0 Å². The standard InChI is InChI=1S/C52H33NS/c1-4-12-34(13-5-1)40-28-41(35-14-6-2-7-15-35)30-42(29-40)39-23-26-49-46(32-39)45-31-37(22-25-48(45)53(49)43-18-8-3-9-19-43)38-24-27-50-47(33-38)44-20-10-16-36-17-11-21-51(54-50)52(36)44/h1-33H. The Morgan fingerprint density at radius 1 is 0.315 bits per heavy atom. The molecule has 0 saturated heterocycles. The summed E-state index contributed by atoms with van der Waals surface area (Å²) in [6.45, 7) is 0. The zero-order chi connectivity index (χ0) is 35.6. The Bertz CT molecular complexity index is 2990. The van der Waals surface area contributed by atoms with Crippen LogP contribution in [0, 0.1) is 0 Å². The van der Waals surface area contributed by atoms with E-state index in [1.807, 2.05) is 11.8 Å². The monoisotopic (exact) mass is 703 g/mol. The summed E-state index contributed by atoms with van der Waals surface area (Å²) in [6, 6.07) is 73.5. The molecule has 10 aromatic rings. The lowest BCUT2D eigenvalue weighted by molar-refractivity contribution is 1.18. The van der Waals surface area contributed by atoms with Crippen LogP contribution in [0.25, 0.3) is 93.9 Å². The molecular weight excluding hydrogens is 671 g/mol. The van der Waals surface area contributed by atoms with Crippen LogP contribution in [-0.4, -0.2) is 4.57 Å². The molecule has 2 heteroatoms. The largest absolute Gasteiger partial charge is 0.309 e. The molecule has 252 valence electrons. The van der Waals surface area contributed by atoms with Gasteiger partial charge in [0.05, 0.1) is 11.0 Å². The molecule has 1 aliphatic heterocycles. The number of nitrogens with zero attached hydrogens (tertiary/aromatic N) is 1. The highest BCUT2D eigenvalue weighted by Crippen LogP contribution is 2.49. The molecule has 1 aliphatic rings. The highest BCUT2D eigenvalue weighted by atomic mass is 32.2. The molecule has 0 saturated carbocycles.